The molecule has 1 atom stereocenters. The van der Waals surface area contributed by atoms with Crippen molar-refractivity contribution < 1.29 is 9.15 Å². The van der Waals surface area contributed by atoms with Crippen LogP contribution in [0, 0.1) is 6.92 Å². The van der Waals surface area contributed by atoms with Crippen molar-refractivity contribution in [3.05, 3.63) is 23.7 Å². The summed E-state index contributed by atoms with van der Waals surface area (Å²) in [7, 11) is 1.82. The Kier molecular flexibility index (Phi) is 9.21. The second kappa shape index (κ2) is 11.4. The highest BCUT2D eigenvalue weighted by molar-refractivity contribution is 7.98. The smallest absolute Gasteiger partial charge is 0.191 e. The van der Waals surface area contributed by atoms with Crippen molar-refractivity contribution in [2.75, 3.05) is 58.4 Å². The van der Waals surface area contributed by atoms with Crippen LogP contribution in [0.4, 0.5) is 0 Å². The molecular weight excluding hydrogens is 336 g/mol. The molecule has 1 aliphatic heterocycles. The molecule has 2 heterocycles. The molecule has 7 heteroatoms. The van der Waals surface area contributed by atoms with Crippen LogP contribution in [0.2, 0.25) is 0 Å². The summed E-state index contributed by atoms with van der Waals surface area (Å²) in [6.45, 7) is 7.10. The number of hydrogen-bond acceptors (Lipinski definition) is 5. The van der Waals surface area contributed by atoms with Crippen molar-refractivity contribution in [3.8, 4) is 0 Å². The number of furan rings is 1. The Morgan fingerprint density at radius 1 is 1.28 bits per heavy atom. The number of aliphatic imine (C=N–C) groups is 1. The molecule has 1 fully saturated rings. The first-order valence-electron chi connectivity index (χ1n) is 9.06. The number of ether oxygens (including phenoxy) is 1. The molecule has 1 aromatic heterocycles. The first-order valence-corrected chi connectivity index (χ1v) is 10.5. The van der Waals surface area contributed by atoms with Gasteiger partial charge < -0.3 is 19.8 Å². The number of morpholine rings is 1. The normalized spacial score (nSPS) is 17.5. The highest BCUT2D eigenvalue weighted by atomic mass is 32.2. The average Bonchev–Trinajstić information content (AvgIpc) is 3.07. The maximum atomic E-state index is 5.91. The van der Waals surface area contributed by atoms with Gasteiger partial charge in [-0.25, -0.2) is 0 Å². The summed E-state index contributed by atoms with van der Waals surface area (Å²) in [5.74, 6) is 4.02. The SMILES string of the molecule is CN=C(NCCCCSC)NCC(c1ccc(C)o1)N1CCOCC1. The van der Waals surface area contributed by atoms with Crippen molar-refractivity contribution >= 4 is 17.7 Å². The zero-order valence-electron chi connectivity index (χ0n) is 15.7. The van der Waals surface area contributed by atoms with E-state index in [2.05, 4.69) is 32.8 Å². The quantitative estimate of drug-likeness (QED) is 0.396. The molecule has 25 heavy (non-hydrogen) atoms. The lowest BCUT2D eigenvalue weighted by molar-refractivity contribution is 0.0124. The van der Waals surface area contributed by atoms with Gasteiger partial charge in [-0.2, -0.15) is 11.8 Å². The molecule has 1 unspecified atom stereocenters. The zero-order valence-corrected chi connectivity index (χ0v) is 16.5. The van der Waals surface area contributed by atoms with E-state index >= 15 is 0 Å². The molecule has 0 spiro atoms. The lowest BCUT2D eigenvalue weighted by Crippen LogP contribution is -2.46. The van der Waals surface area contributed by atoms with E-state index < -0.39 is 0 Å². The summed E-state index contributed by atoms with van der Waals surface area (Å²) < 4.78 is 11.4. The highest BCUT2D eigenvalue weighted by Gasteiger charge is 2.25. The second-order valence-corrected chi connectivity index (χ2v) is 7.18. The molecule has 0 aromatic carbocycles. The summed E-state index contributed by atoms with van der Waals surface area (Å²) in [6, 6.07) is 4.30. The third-order valence-corrected chi connectivity index (χ3v) is 5.03. The monoisotopic (exact) mass is 368 g/mol. The number of guanidine groups is 1. The fourth-order valence-electron chi connectivity index (χ4n) is 2.92. The van der Waals surface area contributed by atoms with Gasteiger partial charge in [0.15, 0.2) is 5.96 Å². The van der Waals surface area contributed by atoms with Gasteiger partial charge in [-0.05, 0) is 43.9 Å². The van der Waals surface area contributed by atoms with Gasteiger partial charge in [-0.1, -0.05) is 0 Å². The molecule has 6 nitrogen and oxygen atoms in total. The molecule has 2 N–H and O–H groups in total. The van der Waals surface area contributed by atoms with Crippen molar-refractivity contribution in [1.29, 1.82) is 0 Å². The number of nitrogens with zero attached hydrogens (tertiary/aromatic N) is 2. The van der Waals surface area contributed by atoms with Crippen molar-refractivity contribution in [2.45, 2.75) is 25.8 Å². The minimum atomic E-state index is 0.188. The van der Waals surface area contributed by atoms with Gasteiger partial charge >= 0.3 is 0 Å². The topological polar surface area (TPSA) is 62.0 Å². The third-order valence-electron chi connectivity index (χ3n) is 4.33. The Labute approximate surface area is 155 Å². The number of aryl methyl sites for hydroxylation is 1. The van der Waals surface area contributed by atoms with Crippen LogP contribution in [-0.2, 0) is 4.74 Å². The van der Waals surface area contributed by atoms with Crippen molar-refractivity contribution in [1.82, 2.24) is 15.5 Å². The van der Waals surface area contributed by atoms with E-state index in [0.717, 1.165) is 63.3 Å². The summed E-state index contributed by atoms with van der Waals surface area (Å²) in [5, 5.41) is 6.86. The third kappa shape index (κ3) is 6.92. The number of nitrogens with one attached hydrogen (secondary N) is 2. The van der Waals surface area contributed by atoms with Crippen LogP contribution in [-0.4, -0.2) is 69.3 Å². The van der Waals surface area contributed by atoms with Gasteiger partial charge in [0.05, 0.1) is 19.3 Å². The molecule has 0 saturated carbocycles. The maximum absolute atomic E-state index is 5.91. The van der Waals surface area contributed by atoms with Crippen molar-refractivity contribution in [2.24, 2.45) is 4.99 Å². The van der Waals surface area contributed by atoms with E-state index in [-0.39, 0.29) is 6.04 Å². The fourth-order valence-corrected chi connectivity index (χ4v) is 3.42. The summed E-state index contributed by atoms with van der Waals surface area (Å²) in [5.41, 5.74) is 0. The molecule has 2 rings (SSSR count). The average molecular weight is 369 g/mol. The Bertz CT molecular complexity index is 515. The summed E-state index contributed by atoms with van der Waals surface area (Å²) in [6.07, 6.45) is 4.54. The van der Waals surface area contributed by atoms with Crippen LogP contribution in [0.15, 0.2) is 21.5 Å². The second-order valence-electron chi connectivity index (χ2n) is 6.19. The van der Waals surface area contributed by atoms with Crippen molar-refractivity contribution in [3.63, 3.8) is 0 Å². The number of hydrogen-bond donors (Lipinski definition) is 2. The number of unbranched alkanes of at least 4 members (excludes halogenated alkanes) is 1. The molecule has 0 aliphatic carbocycles. The van der Waals surface area contributed by atoms with Crippen LogP contribution in [0.5, 0.6) is 0 Å². The summed E-state index contributed by atoms with van der Waals surface area (Å²) >= 11 is 1.90. The van der Waals surface area contributed by atoms with Crippen LogP contribution in [0.1, 0.15) is 30.4 Å². The van der Waals surface area contributed by atoms with Crippen LogP contribution in [0.3, 0.4) is 0 Å². The van der Waals surface area contributed by atoms with Crippen LogP contribution < -0.4 is 10.6 Å². The highest BCUT2D eigenvalue weighted by Crippen LogP contribution is 2.23. The lowest BCUT2D eigenvalue weighted by Gasteiger charge is -2.33. The van der Waals surface area contributed by atoms with Gasteiger partial charge in [0, 0.05) is 33.2 Å². The van der Waals surface area contributed by atoms with Gasteiger partial charge in [0.2, 0.25) is 0 Å². The van der Waals surface area contributed by atoms with E-state index in [1.165, 1.54) is 12.2 Å². The molecule has 1 saturated heterocycles. The van der Waals surface area contributed by atoms with Gasteiger partial charge in [-0.15, -0.1) is 0 Å². The molecule has 142 valence electrons. The Balaban J connectivity index is 1.87. The van der Waals surface area contributed by atoms with E-state index in [4.69, 9.17) is 9.15 Å². The number of rotatable bonds is 9. The lowest BCUT2D eigenvalue weighted by atomic mass is 10.1. The van der Waals surface area contributed by atoms with Gasteiger partial charge in [0.25, 0.3) is 0 Å². The Hall–Kier alpha value is -1.18. The molecule has 0 bridgehead atoms. The minimum Gasteiger partial charge on any atom is -0.465 e. The predicted octanol–water partition coefficient (Wildman–Crippen LogP) is 2.27. The Morgan fingerprint density at radius 3 is 2.72 bits per heavy atom. The van der Waals surface area contributed by atoms with E-state index in [1.54, 1.807) is 0 Å². The molecule has 0 amide bonds. The fraction of sp³-hybridized carbons (Fsp3) is 0.722. The van der Waals surface area contributed by atoms with E-state index in [1.807, 2.05) is 31.8 Å². The van der Waals surface area contributed by atoms with Crippen LogP contribution >= 0.6 is 11.8 Å². The van der Waals surface area contributed by atoms with Gasteiger partial charge in [-0.3, -0.25) is 9.89 Å². The first kappa shape index (κ1) is 20.1. The Morgan fingerprint density at radius 2 is 2.08 bits per heavy atom. The molecule has 1 aliphatic rings. The first-order chi connectivity index (χ1) is 12.2. The predicted molar refractivity (Wildman–Crippen MR) is 106 cm³/mol. The molecular formula is C18H32N4O2S. The van der Waals surface area contributed by atoms with E-state index in [0.29, 0.717) is 0 Å². The van der Waals surface area contributed by atoms with Gasteiger partial charge in [0.1, 0.15) is 11.5 Å². The number of thioether (sulfide) groups is 1. The maximum Gasteiger partial charge on any atom is 0.191 e. The standard InChI is InChI=1S/C18H32N4O2S/c1-15-6-7-17(24-15)16(22-9-11-23-12-10-22)14-21-18(19-2)20-8-4-5-13-25-3/h6-7,16H,4-5,8-14H2,1-3H3,(H2,19,20,21). The molecule has 0 radical (unpaired) electrons. The summed E-state index contributed by atoms with van der Waals surface area (Å²) in [4.78, 5) is 6.75. The largest absolute Gasteiger partial charge is 0.465 e. The van der Waals surface area contributed by atoms with Crippen LogP contribution in [0.25, 0.3) is 0 Å². The minimum absolute atomic E-state index is 0.188. The van der Waals surface area contributed by atoms with E-state index in [9.17, 15) is 0 Å². The molecule has 1 aromatic rings. The zero-order chi connectivity index (χ0) is 17.9.